The number of hydrogen-bond donors (Lipinski definition) is 1. The summed E-state index contributed by atoms with van der Waals surface area (Å²) in [5.74, 6) is -0.0714. The number of aryl methyl sites for hydroxylation is 1. The van der Waals surface area contributed by atoms with Gasteiger partial charge in [0.2, 0.25) is 0 Å². The highest BCUT2D eigenvalue weighted by Crippen LogP contribution is 2.15. The number of urea groups is 1. The Morgan fingerprint density at radius 1 is 1.00 bits per heavy atom. The highest BCUT2D eigenvalue weighted by Gasteiger charge is 2.14. The van der Waals surface area contributed by atoms with Crippen LogP contribution in [0.2, 0.25) is 0 Å². The van der Waals surface area contributed by atoms with Crippen molar-refractivity contribution in [2.45, 2.75) is 20.8 Å². The summed E-state index contributed by atoms with van der Waals surface area (Å²) in [7, 11) is 0. The van der Waals surface area contributed by atoms with E-state index < -0.39 is 6.03 Å². The summed E-state index contributed by atoms with van der Waals surface area (Å²) >= 11 is 0. The molecule has 0 spiro atoms. The molecule has 1 aromatic carbocycles. The summed E-state index contributed by atoms with van der Waals surface area (Å²) in [6, 6.07) is 7.03. The lowest BCUT2D eigenvalue weighted by molar-refractivity contribution is -0.110. The minimum Gasteiger partial charge on any atom is -0.306 e. The standard InChI is InChI=1S/C16H16N2O2/c1-10-4-6-13(7-5-10)17-16(20)18-15-11(2)8-14(19)9-12(15)3/h4-9H,1-3H3,(H,17,20). The molecule has 20 heavy (non-hydrogen) atoms. The van der Waals surface area contributed by atoms with Crippen LogP contribution in [0.3, 0.4) is 0 Å². The summed E-state index contributed by atoms with van der Waals surface area (Å²) in [6.07, 6.45) is 2.95. The predicted molar refractivity (Wildman–Crippen MR) is 80.2 cm³/mol. The first-order chi connectivity index (χ1) is 9.45. The van der Waals surface area contributed by atoms with E-state index in [1.165, 1.54) is 12.2 Å². The average molecular weight is 268 g/mol. The lowest BCUT2D eigenvalue weighted by Gasteiger charge is -2.11. The molecule has 0 bridgehead atoms. The Kier molecular flexibility index (Phi) is 3.94. The van der Waals surface area contributed by atoms with E-state index in [9.17, 15) is 9.59 Å². The molecule has 0 aromatic heterocycles. The molecule has 2 rings (SSSR count). The largest absolute Gasteiger partial charge is 0.345 e. The molecule has 1 aliphatic rings. The van der Waals surface area contributed by atoms with Gasteiger partial charge in [-0.05, 0) is 56.2 Å². The molecule has 0 unspecified atom stereocenters. The minimum atomic E-state index is -0.446. The van der Waals surface area contributed by atoms with Gasteiger partial charge in [-0.1, -0.05) is 17.7 Å². The van der Waals surface area contributed by atoms with Crippen LogP contribution in [-0.4, -0.2) is 17.5 Å². The molecule has 0 saturated carbocycles. The molecule has 4 heteroatoms. The maximum Gasteiger partial charge on any atom is 0.345 e. The van der Waals surface area contributed by atoms with Gasteiger partial charge in [0.05, 0.1) is 5.71 Å². The average Bonchev–Trinajstić information content (AvgIpc) is 2.36. The van der Waals surface area contributed by atoms with Crippen molar-refractivity contribution < 1.29 is 9.59 Å². The van der Waals surface area contributed by atoms with E-state index in [0.717, 1.165) is 5.56 Å². The molecule has 1 aromatic rings. The molecule has 0 aliphatic heterocycles. The van der Waals surface area contributed by atoms with Crippen LogP contribution in [0.15, 0.2) is 52.6 Å². The van der Waals surface area contributed by atoms with Crippen LogP contribution >= 0.6 is 0 Å². The second-order valence-electron chi connectivity index (χ2n) is 4.81. The van der Waals surface area contributed by atoms with Crippen LogP contribution in [0.1, 0.15) is 19.4 Å². The van der Waals surface area contributed by atoms with Crippen molar-refractivity contribution in [1.29, 1.82) is 0 Å². The van der Waals surface area contributed by atoms with E-state index in [0.29, 0.717) is 22.5 Å². The summed E-state index contributed by atoms with van der Waals surface area (Å²) < 4.78 is 0. The number of ketones is 1. The fourth-order valence-corrected chi connectivity index (χ4v) is 1.98. The van der Waals surface area contributed by atoms with Crippen LogP contribution < -0.4 is 5.32 Å². The molecule has 102 valence electrons. The van der Waals surface area contributed by atoms with Gasteiger partial charge in [-0.3, -0.25) is 4.79 Å². The molecule has 0 saturated heterocycles. The molecule has 2 amide bonds. The number of hydrogen-bond acceptors (Lipinski definition) is 2. The first-order valence-electron chi connectivity index (χ1n) is 6.33. The van der Waals surface area contributed by atoms with E-state index in [4.69, 9.17) is 0 Å². The van der Waals surface area contributed by atoms with Crippen molar-refractivity contribution in [2.24, 2.45) is 4.99 Å². The quantitative estimate of drug-likeness (QED) is 0.793. The first-order valence-corrected chi connectivity index (χ1v) is 6.33. The van der Waals surface area contributed by atoms with E-state index in [1.54, 1.807) is 13.8 Å². The Morgan fingerprint density at radius 2 is 1.55 bits per heavy atom. The number of allylic oxidation sites excluding steroid dienone is 4. The predicted octanol–water partition coefficient (Wildman–Crippen LogP) is 3.44. The third-order valence-corrected chi connectivity index (χ3v) is 2.98. The Labute approximate surface area is 117 Å². The Hall–Kier alpha value is -2.49. The van der Waals surface area contributed by atoms with Crippen molar-refractivity contribution in [3.05, 3.63) is 53.1 Å². The fourth-order valence-electron chi connectivity index (χ4n) is 1.98. The van der Waals surface area contributed by atoms with Gasteiger partial charge in [-0.2, -0.15) is 4.99 Å². The summed E-state index contributed by atoms with van der Waals surface area (Å²) in [6.45, 7) is 5.52. The fraction of sp³-hybridized carbons (Fsp3) is 0.188. The molecular formula is C16H16N2O2. The number of carbonyl (C=O) groups excluding carboxylic acids is 2. The van der Waals surface area contributed by atoms with Gasteiger partial charge in [-0.15, -0.1) is 0 Å². The first kappa shape index (κ1) is 13.9. The third-order valence-electron chi connectivity index (χ3n) is 2.98. The van der Waals surface area contributed by atoms with Crippen LogP contribution in [0.4, 0.5) is 10.5 Å². The monoisotopic (exact) mass is 268 g/mol. The number of benzene rings is 1. The van der Waals surface area contributed by atoms with Gasteiger partial charge in [0, 0.05) is 5.69 Å². The van der Waals surface area contributed by atoms with Gasteiger partial charge in [0.25, 0.3) is 0 Å². The summed E-state index contributed by atoms with van der Waals surface area (Å²) in [4.78, 5) is 27.3. The molecule has 0 heterocycles. The molecule has 0 radical (unpaired) electrons. The van der Waals surface area contributed by atoms with E-state index in [-0.39, 0.29) is 5.78 Å². The Morgan fingerprint density at radius 3 is 2.10 bits per heavy atom. The molecule has 4 nitrogen and oxygen atoms in total. The maximum atomic E-state index is 11.9. The second-order valence-corrected chi connectivity index (χ2v) is 4.81. The molecular weight excluding hydrogens is 252 g/mol. The number of carbonyl (C=O) groups is 2. The van der Waals surface area contributed by atoms with Crippen molar-refractivity contribution >= 4 is 23.2 Å². The van der Waals surface area contributed by atoms with Crippen molar-refractivity contribution in [1.82, 2.24) is 0 Å². The van der Waals surface area contributed by atoms with E-state index >= 15 is 0 Å². The number of nitrogens with zero attached hydrogens (tertiary/aromatic N) is 1. The lowest BCUT2D eigenvalue weighted by Crippen LogP contribution is -2.15. The van der Waals surface area contributed by atoms with Crippen LogP contribution in [0.5, 0.6) is 0 Å². The van der Waals surface area contributed by atoms with Crippen molar-refractivity contribution in [3.8, 4) is 0 Å². The van der Waals surface area contributed by atoms with Crippen LogP contribution in [0, 0.1) is 6.92 Å². The topological polar surface area (TPSA) is 58.5 Å². The van der Waals surface area contributed by atoms with Crippen molar-refractivity contribution in [3.63, 3.8) is 0 Å². The zero-order valence-corrected chi connectivity index (χ0v) is 11.7. The molecule has 0 fully saturated rings. The zero-order chi connectivity index (χ0) is 14.7. The van der Waals surface area contributed by atoms with Crippen LogP contribution in [0.25, 0.3) is 0 Å². The lowest BCUT2D eigenvalue weighted by atomic mass is 9.97. The number of aliphatic imine (C=N–C) groups is 1. The normalized spacial score (nSPS) is 14.6. The third kappa shape index (κ3) is 3.29. The summed E-state index contributed by atoms with van der Waals surface area (Å²) in [5, 5.41) is 2.70. The van der Waals surface area contributed by atoms with Gasteiger partial charge >= 0.3 is 6.03 Å². The van der Waals surface area contributed by atoms with Gasteiger partial charge in [0.1, 0.15) is 0 Å². The molecule has 1 aliphatic carbocycles. The molecule has 1 N–H and O–H groups in total. The zero-order valence-electron chi connectivity index (χ0n) is 11.7. The SMILES string of the molecule is CC1=CC(=O)C=C(C)C1=NC(=O)Nc1ccc(C)cc1. The minimum absolute atomic E-state index is 0.0714. The smallest absolute Gasteiger partial charge is 0.306 e. The highest BCUT2D eigenvalue weighted by atomic mass is 16.2. The Balaban J connectivity index is 2.16. The van der Waals surface area contributed by atoms with Gasteiger partial charge in [-0.25, -0.2) is 4.79 Å². The number of rotatable bonds is 1. The second kappa shape index (κ2) is 5.65. The number of amides is 2. The summed E-state index contributed by atoms with van der Waals surface area (Å²) in [5.41, 5.74) is 3.77. The number of anilines is 1. The molecule has 0 atom stereocenters. The Bertz CT molecular complexity index is 626. The number of nitrogens with one attached hydrogen (secondary N) is 1. The van der Waals surface area contributed by atoms with Crippen LogP contribution in [-0.2, 0) is 4.79 Å². The van der Waals surface area contributed by atoms with Gasteiger partial charge < -0.3 is 5.32 Å². The highest BCUT2D eigenvalue weighted by molar-refractivity contribution is 6.24. The van der Waals surface area contributed by atoms with Crippen molar-refractivity contribution in [2.75, 3.05) is 5.32 Å². The van der Waals surface area contributed by atoms with E-state index in [1.807, 2.05) is 31.2 Å². The maximum absolute atomic E-state index is 11.9. The van der Waals surface area contributed by atoms with Gasteiger partial charge in [0.15, 0.2) is 5.78 Å². The van der Waals surface area contributed by atoms with E-state index in [2.05, 4.69) is 10.3 Å².